The molecule has 0 saturated carbocycles. The third-order valence-electron chi connectivity index (χ3n) is 3.14. The number of alkyl halides is 3. The lowest BCUT2D eigenvalue weighted by Gasteiger charge is -2.14. The molecule has 0 amide bonds. The van der Waals surface area contributed by atoms with E-state index < -0.39 is 23.7 Å². The molecule has 2 rings (SSSR count). The Kier molecular flexibility index (Phi) is 4.68. The summed E-state index contributed by atoms with van der Waals surface area (Å²) < 4.78 is 51.2. The van der Waals surface area contributed by atoms with Crippen LogP contribution in [0.3, 0.4) is 0 Å². The van der Waals surface area contributed by atoms with Crippen molar-refractivity contribution in [3.05, 3.63) is 57.0 Å². The third kappa shape index (κ3) is 3.83. The van der Waals surface area contributed by atoms with E-state index in [4.69, 9.17) is 0 Å². The molecule has 1 heterocycles. The molecule has 0 aliphatic rings. The van der Waals surface area contributed by atoms with Crippen LogP contribution in [0.5, 0.6) is 0 Å². The minimum atomic E-state index is -4.77. The molecule has 0 bridgehead atoms. The van der Waals surface area contributed by atoms with Crippen molar-refractivity contribution in [2.75, 3.05) is 0 Å². The molecular weight excluding hydrogens is 304 g/mol. The van der Waals surface area contributed by atoms with Crippen LogP contribution in [0, 0.1) is 5.82 Å². The maximum Gasteiger partial charge on any atom is 0.419 e. The summed E-state index contributed by atoms with van der Waals surface area (Å²) >= 11 is 1.51. The summed E-state index contributed by atoms with van der Waals surface area (Å²) in [5, 5.41) is 10.1. The summed E-state index contributed by atoms with van der Waals surface area (Å²) in [7, 11) is 0. The van der Waals surface area contributed by atoms with Gasteiger partial charge >= 0.3 is 6.18 Å². The van der Waals surface area contributed by atoms with Gasteiger partial charge in [-0.2, -0.15) is 13.2 Å². The molecule has 0 aliphatic heterocycles. The van der Waals surface area contributed by atoms with Gasteiger partial charge in [0.15, 0.2) is 0 Å². The molecule has 0 aliphatic carbocycles. The Bertz CT molecular complexity index is 618. The van der Waals surface area contributed by atoms with Crippen molar-refractivity contribution >= 4 is 11.3 Å². The average Bonchev–Trinajstić information content (AvgIpc) is 2.85. The Hall–Kier alpha value is -1.40. The highest BCUT2D eigenvalue weighted by molar-refractivity contribution is 7.11. The fourth-order valence-corrected chi connectivity index (χ4v) is 2.99. The number of halogens is 4. The smallest absolute Gasteiger partial charge is 0.388 e. The number of thiophene rings is 1. The molecule has 1 aromatic carbocycles. The van der Waals surface area contributed by atoms with Crippen molar-refractivity contribution in [2.45, 2.75) is 32.0 Å². The van der Waals surface area contributed by atoms with Crippen LogP contribution >= 0.6 is 11.3 Å². The van der Waals surface area contributed by atoms with Gasteiger partial charge in [-0.15, -0.1) is 11.3 Å². The maximum absolute atomic E-state index is 13.2. The van der Waals surface area contributed by atoms with E-state index in [2.05, 4.69) is 0 Å². The highest BCUT2D eigenvalue weighted by atomic mass is 32.1. The SMILES string of the molecule is CCc1ccc(CC(O)c2ccc(F)c(C(F)(F)F)c2)s1. The van der Waals surface area contributed by atoms with Gasteiger partial charge in [0.2, 0.25) is 0 Å². The van der Waals surface area contributed by atoms with Crippen LogP contribution in [-0.2, 0) is 19.0 Å². The van der Waals surface area contributed by atoms with Crippen molar-refractivity contribution in [3.8, 4) is 0 Å². The Morgan fingerprint density at radius 3 is 2.38 bits per heavy atom. The van der Waals surface area contributed by atoms with Crippen molar-refractivity contribution in [3.63, 3.8) is 0 Å². The molecular formula is C15H14F4OS. The molecule has 1 N–H and O–H groups in total. The monoisotopic (exact) mass is 318 g/mol. The van der Waals surface area contributed by atoms with Gasteiger partial charge in [0, 0.05) is 16.2 Å². The average molecular weight is 318 g/mol. The molecule has 0 fully saturated rings. The van der Waals surface area contributed by atoms with E-state index in [9.17, 15) is 22.7 Å². The summed E-state index contributed by atoms with van der Waals surface area (Å²) in [6.07, 6.45) is -4.77. The van der Waals surface area contributed by atoms with Crippen LogP contribution in [-0.4, -0.2) is 5.11 Å². The van der Waals surface area contributed by atoms with Crippen LogP contribution in [0.25, 0.3) is 0 Å². The van der Waals surface area contributed by atoms with Gasteiger partial charge in [-0.3, -0.25) is 0 Å². The largest absolute Gasteiger partial charge is 0.419 e. The Morgan fingerprint density at radius 2 is 1.81 bits per heavy atom. The second-order valence-electron chi connectivity index (χ2n) is 4.68. The summed E-state index contributed by atoms with van der Waals surface area (Å²) in [5.41, 5.74) is -1.28. The number of hydrogen-bond acceptors (Lipinski definition) is 2. The lowest BCUT2D eigenvalue weighted by molar-refractivity contribution is -0.140. The predicted octanol–water partition coefficient (Wildman–Crippen LogP) is 4.74. The predicted molar refractivity (Wildman–Crippen MR) is 73.8 cm³/mol. The summed E-state index contributed by atoms with van der Waals surface area (Å²) in [4.78, 5) is 2.03. The lowest BCUT2D eigenvalue weighted by atomic mass is 10.0. The van der Waals surface area contributed by atoms with Gasteiger partial charge in [0.05, 0.1) is 11.7 Å². The molecule has 1 atom stereocenters. The van der Waals surface area contributed by atoms with Crippen LogP contribution < -0.4 is 0 Å². The highest BCUT2D eigenvalue weighted by Gasteiger charge is 2.34. The number of aliphatic hydroxyl groups is 1. The van der Waals surface area contributed by atoms with Crippen LogP contribution in [0.4, 0.5) is 17.6 Å². The van der Waals surface area contributed by atoms with Gasteiger partial charge in [0.1, 0.15) is 5.82 Å². The first-order chi connectivity index (χ1) is 9.81. The Morgan fingerprint density at radius 1 is 1.14 bits per heavy atom. The highest BCUT2D eigenvalue weighted by Crippen LogP contribution is 2.34. The van der Waals surface area contributed by atoms with Crippen molar-refractivity contribution in [1.29, 1.82) is 0 Å². The van der Waals surface area contributed by atoms with E-state index in [1.165, 1.54) is 17.4 Å². The molecule has 1 unspecified atom stereocenters. The second kappa shape index (κ2) is 6.15. The lowest BCUT2D eigenvalue weighted by Crippen LogP contribution is -2.10. The first-order valence-corrected chi connectivity index (χ1v) is 7.25. The molecule has 1 nitrogen and oxygen atoms in total. The van der Waals surface area contributed by atoms with Gasteiger partial charge < -0.3 is 5.11 Å². The number of aliphatic hydroxyl groups excluding tert-OH is 1. The van der Waals surface area contributed by atoms with Gasteiger partial charge in [0.25, 0.3) is 0 Å². The van der Waals surface area contributed by atoms with Crippen molar-refractivity contribution in [1.82, 2.24) is 0 Å². The quantitative estimate of drug-likeness (QED) is 0.807. The molecule has 0 radical (unpaired) electrons. The van der Waals surface area contributed by atoms with Gasteiger partial charge in [-0.1, -0.05) is 13.0 Å². The van der Waals surface area contributed by atoms with Crippen molar-refractivity contribution in [2.24, 2.45) is 0 Å². The van der Waals surface area contributed by atoms with Gasteiger partial charge in [-0.05, 0) is 36.2 Å². The van der Waals surface area contributed by atoms with Crippen LogP contribution in [0.15, 0.2) is 30.3 Å². The van der Waals surface area contributed by atoms with E-state index >= 15 is 0 Å². The van der Waals surface area contributed by atoms with E-state index in [-0.39, 0.29) is 12.0 Å². The molecule has 21 heavy (non-hydrogen) atoms. The molecule has 114 valence electrons. The standard InChI is InChI=1S/C15H14F4OS/c1-2-10-4-5-11(21-10)8-14(20)9-3-6-13(16)12(7-9)15(17,18)19/h3-7,14,20H,2,8H2,1H3. The molecule has 6 heteroatoms. The van der Waals surface area contributed by atoms with E-state index in [1.807, 2.05) is 19.1 Å². The van der Waals surface area contributed by atoms with Crippen LogP contribution in [0.1, 0.15) is 33.9 Å². The fraction of sp³-hybridized carbons (Fsp3) is 0.333. The number of benzene rings is 1. The molecule has 1 aromatic heterocycles. The molecule has 2 aromatic rings. The molecule has 0 spiro atoms. The topological polar surface area (TPSA) is 20.2 Å². The molecule has 0 saturated heterocycles. The summed E-state index contributed by atoms with van der Waals surface area (Å²) in [6, 6.07) is 6.38. The normalized spacial score (nSPS) is 13.4. The van der Waals surface area contributed by atoms with Gasteiger partial charge in [-0.25, -0.2) is 4.39 Å². The summed E-state index contributed by atoms with van der Waals surface area (Å²) in [6.45, 7) is 2.00. The number of hydrogen-bond donors (Lipinski definition) is 1. The number of aryl methyl sites for hydroxylation is 1. The second-order valence-corrected chi connectivity index (χ2v) is 5.93. The zero-order chi connectivity index (χ0) is 15.6. The minimum absolute atomic E-state index is 0.0650. The maximum atomic E-state index is 13.2. The van der Waals surface area contributed by atoms with E-state index in [1.54, 1.807) is 0 Å². The Labute approximate surface area is 123 Å². The first-order valence-electron chi connectivity index (χ1n) is 6.43. The fourth-order valence-electron chi connectivity index (χ4n) is 2.00. The Balaban J connectivity index is 2.21. The number of rotatable bonds is 4. The van der Waals surface area contributed by atoms with Crippen LogP contribution in [0.2, 0.25) is 0 Å². The van der Waals surface area contributed by atoms with Crippen molar-refractivity contribution < 1.29 is 22.7 Å². The zero-order valence-corrected chi connectivity index (χ0v) is 12.1. The van der Waals surface area contributed by atoms with E-state index in [0.29, 0.717) is 6.07 Å². The summed E-state index contributed by atoms with van der Waals surface area (Å²) in [5.74, 6) is -1.33. The van der Waals surface area contributed by atoms with E-state index in [0.717, 1.165) is 22.2 Å². The zero-order valence-electron chi connectivity index (χ0n) is 11.2. The first kappa shape index (κ1) is 16.0. The minimum Gasteiger partial charge on any atom is -0.388 e. The third-order valence-corrected chi connectivity index (χ3v) is 4.39.